The summed E-state index contributed by atoms with van der Waals surface area (Å²) in [6.07, 6.45) is 0.597. The van der Waals surface area contributed by atoms with Gasteiger partial charge >= 0.3 is 0 Å². The lowest BCUT2D eigenvalue weighted by Crippen LogP contribution is -2.18. The first kappa shape index (κ1) is 9.73. The third-order valence-corrected chi connectivity index (χ3v) is 1.79. The third-order valence-electron chi connectivity index (χ3n) is 1.79. The van der Waals surface area contributed by atoms with E-state index in [1.54, 1.807) is 0 Å². The Morgan fingerprint density at radius 2 is 2.31 bits per heavy atom. The SMILES string of the molecule is CNCCc1nc(O)c(C)c(=O)[nH]1. The lowest BCUT2D eigenvalue weighted by Gasteiger charge is -2.01. The number of nitrogens with one attached hydrogen (secondary N) is 2. The van der Waals surface area contributed by atoms with Crippen molar-refractivity contribution in [2.45, 2.75) is 13.3 Å². The van der Waals surface area contributed by atoms with E-state index in [4.69, 9.17) is 0 Å². The molecular formula is C8H13N3O2. The number of hydrogen-bond donors (Lipinski definition) is 3. The van der Waals surface area contributed by atoms with Crippen LogP contribution in [0.5, 0.6) is 5.88 Å². The lowest BCUT2D eigenvalue weighted by molar-refractivity contribution is 0.442. The maximum absolute atomic E-state index is 11.1. The van der Waals surface area contributed by atoms with Gasteiger partial charge < -0.3 is 15.4 Å². The summed E-state index contributed by atoms with van der Waals surface area (Å²) in [5.74, 6) is 0.317. The zero-order chi connectivity index (χ0) is 9.84. The van der Waals surface area contributed by atoms with E-state index < -0.39 is 0 Å². The molecule has 0 fully saturated rings. The lowest BCUT2D eigenvalue weighted by atomic mass is 10.3. The van der Waals surface area contributed by atoms with Crippen molar-refractivity contribution in [3.63, 3.8) is 0 Å². The molecule has 0 saturated heterocycles. The van der Waals surface area contributed by atoms with Gasteiger partial charge in [-0.15, -0.1) is 0 Å². The van der Waals surface area contributed by atoms with Crippen LogP contribution in [0.2, 0.25) is 0 Å². The van der Waals surface area contributed by atoms with Crippen molar-refractivity contribution in [3.8, 4) is 5.88 Å². The molecule has 0 radical (unpaired) electrons. The van der Waals surface area contributed by atoms with E-state index in [1.807, 2.05) is 7.05 Å². The van der Waals surface area contributed by atoms with E-state index in [0.717, 1.165) is 0 Å². The summed E-state index contributed by atoms with van der Waals surface area (Å²) in [5, 5.41) is 12.2. The highest BCUT2D eigenvalue weighted by molar-refractivity contribution is 5.20. The van der Waals surface area contributed by atoms with Crippen molar-refractivity contribution < 1.29 is 5.11 Å². The number of aromatic hydroxyl groups is 1. The van der Waals surface area contributed by atoms with Crippen LogP contribution in [-0.4, -0.2) is 28.7 Å². The molecule has 0 aliphatic carbocycles. The number of hydrogen-bond acceptors (Lipinski definition) is 4. The zero-order valence-electron chi connectivity index (χ0n) is 7.72. The monoisotopic (exact) mass is 183 g/mol. The molecule has 5 nitrogen and oxygen atoms in total. The molecular weight excluding hydrogens is 170 g/mol. The van der Waals surface area contributed by atoms with E-state index in [9.17, 15) is 9.90 Å². The van der Waals surface area contributed by atoms with E-state index in [-0.39, 0.29) is 17.0 Å². The predicted molar refractivity (Wildman–Crippen MR) is 48.9 cm³/mol. The molecule has 0 saturated carbocycles. The Hall–Kier alpha value is -1.36. The molecule has 0 spiro atoms. The molecule has 0 aromatic carbocycles. The molecule has 72 valence electrons. The van der Waals surface area contributed by atoms with Gasteiger partial charge in [-0.1, -0.05) is 0 Å². The quantitative estimate of drug-likeness (QED) is 0.593. The minimum Gasteiger partial charge on any atom is -0.493 e. The first-order valence-electron chi connectivity index (χ1n) is 4.08. The molecule has 1 aromatic heterocycles. The molecule has 0 aliphatic heterocycles. The summed E-state index contributed by atoms with van der Waals surface area (Å²) < 4.78 is 0. The second-order valence-corrected chi connectivity index (χ2v) is 2.81. The van der Waals surface area contributed by atoms with Crippen LogP contribution >= 0.6 is 0 Å². The van der Waals surface area contributed by atoms with Gasteiger partial charge in [0.05, 0.1) is 5.56 Å². The van der Waals surface area contributed by atoms with E-state index in [2.05, 4.69) is 15.3 Å². The largest absolute Gasteiger partial charge is 0.493 e. The van der Waals surface area contributed by atoms with Crippen LogP contribution in [0.4, 0.5) is 0 Å². The van der Waals surface area contributed by atoms with Crippen LogP contribution in [0.1, 0.15) is 11.4 Å². The van der Waals surface area contributed by atoms with Crippen LogP contribution in [0.15, 0.2) is 4.79 Å². The zero-order valence-corrected chi connectivity index (χ0v) is 7.72. The first-order chi connectivity index (χ1) is 6.15. The summed E-state index contributed by atoms with van der Waals surface area (Å²) in [6, 6.07) is 0. The van der Waals surface area contributed by atoms with Gasteiger partial charge in [0.2, 0.25) is 5.88 Å². The standard InChI is InChI=1S/C8H13N3O2/c1-5-7(12)10-6(3-4-9-2)11-8(5)13/h9H,3-4H2,1-2H3,(H2,10,11,12,13). The average Bonchev–Trinajstić information content (AvgIpc) is 2.10. The number of H-pyrrole nitrogens is 1. The second kappa shape index (κ2) is 4.04. The first-order valence-corrected chi connectivity index (χ1v) is 4.08. The van der Waals surface area contributed by atoms with Crippen LogP contribution in [0.3, 0.4) is 0 Å². The average molecular weight is 183 g/mol. The number of aromatic nitrogens is 2. The van der Waals surface area contributed by atoms with E-state index in [0.29, 0.717) is 18.8 Å². The molecule has 1 heterocycles. The Labute approximate surface area is 75.8 Å². The fourth-order valence-electron chi connectivity index (χ4n) is 0.928. The van der Waals surface area contributed by atoms with E-state index >= 15 is 0 Å². The number of aromatic amines is 1. The number of nitrogens with zero attached hydrogens (tertiary/aromatic N) is 1. The molecule has 0 atom stereocenters. The molecule has 13 heavy (non-hydrogen) atoms. The number of likely N-dealkylation sites (N-methyl/N-ethyl adjacent to an activating group) is 1. The molecule has 0 aliphatic rings. The topological polar surface area (TPSA) is 78.0 Å². The smallest absolute Gasteiger partial charge is 0.257 e. The van der Waals surface area contributed by atoms with Crippen molar-refractivity contribution in [2.75, 3.05) is 13.6 Å². The predicted octanol–water partition coefficient (Wildman–Crippen LogP) is -0.454. The molecule has 0 unspecified atom stereocenters. The normalized spacial score (nSPS) is 10.3. The van der Waals surface area contributed by atoms with Gasteiger partial charge in [-0.3, -0.25) is 4.79 Å². The van der Waals surface area contributed by atoms with Gasteiger partial charge in [-0.25, -0.2) is 4.98 Å². The maximum atomic E-state index is 11.1. The Balaban J connectivity index is 2.93. The highest BCUT2D eigenvalue weighted by Crippen LogP contribution is 2.05. The van der Waals surface area contributed by atoms with Gasteiger partial charge in [-0.2, -0.15) is 0 Å². The van der Waals surface area contributed by atoms with Crippen molar-refractivity contribution in [1.29, 1.82) is 0 Å². The number of rotatable bonds is 3. The van der Waals surface area contributed by atoms with Crippen molar-refractivity contribution >= 4 is 0 Å². The molecule has 0 amide bonds. The van der Waals surface area contributed by atoms with Gasteiger partial charge in [0.25, 0.3) is 5.56 Å². The van der Waals surface area contributed by atoms with Crippen LogP contribution < -0.4 is 10.9 Å². The van der Waals surface area contributed by atoms with Gasteiger partial charge in [-0.05, 0) is 14.0 Å². The summed E-state index contributed by atoms with van der Waals surface area (Å²) in [7, 11) is 1.81. The van der Waals surface area contributed by atoms with Gasteiger partial charge in [0, 0.05) is 13.0 Å². The molecule has 0 bridgehead atoms. The Kier molecular flexibility index (Phi) is 3.02. The summed E-state index contributed by atoms with van der Waals surface area (Å²) >= 11 is 0. The molecule has 1 aromatic rings. The summed E-state index contributed by atoms with van der Waals surface area (Å²) in [4.78, 5) is 17.6. The van der Waals surface area contributed by atoms with Crippen molar-refractivity contribution in [3.05, 3.63) is 21.7 Å². The minimum absolute atomic E-state index is 0.185. The van der Waals surface area contributed by atoms with Gasteiger partial charge in [0.15, 0.2) is 0 Å². The van der Waals surface area contributed by atoms with Crippen LogP contribution in [0, 0.1) is 6.92 Å². The van der Waals surface area contributed by atoms with Crippen molar-refractivity contribution in [1.82, 2.24) is 15.3 Å². The third kappa shape index (κ3) is 2.29. The highest BCUT2D eigenvalue weighted by atomic mass is 16.3. The molecule has 1 rings (SSSR count). The fraction of sp³-hybridized carbons (Fsp3) is 0.500. The molecule has 3 N–H and O–H groups in total. The Morgan fingerprint density at radius 3 is 2.85 bits per heavy atom. The summed E-state index contributed by atoms with van der Waals surface area (Å²) in [6.45, 7) is 2.24. The molecule has 5 heteroatoms. The Morgan fingerprint density at radius 1 is 1.62 bits per heavy atom. The maximum Gasteiger partial charge on any atom is 0.257 e. The minimum atomic E-state index is -0.279. The van der Waals surface area contributed by atoms with E-state index in [1.165, 1.54) is 6.92 Å². The van der Waals surface area contributed by atoms with Gasteiger partial charge in [0.1, 0.15) is 5.82 Å². The highest BCUT2D eigenvalue weighted by Gasteiger charge is 2.04. The second-order valence-electron chi connectivity index (χ2n) is 2.81. The van der Waals surface area contributed by atoms with Crippen molar-refractivity contribution in [2.24, 2.45) is 0 Å². The fourth-order valence-corrected chi connectivity index (χ4v) is 0.928. The van der Waals surface area contributed by atoms with Crippen LogP contribution in [-0.2, 0) is 6.42 Å². The summed E-state index contributed by atoms with van der Waals surface area (Å²) in [5.41, 5.74) is -0.0215. The van der Waals surface area contributed by atoms with Crippen LogP contribution in [0.25, 0.3) is 0 Å². The Bertz CT molecular complexity index is 346.